The van der Waals surface area contributed by atoms with Gasteiger partial charge < -0.3 is 10.6 Å². The molecule has 2 aromatic carbocycles. The van der Waals surface area contributed by atoms with E-state index in [1.807, 2.05) is 12.1 Å². The number of nitrogens with zero attached hydrogens (tertiary/aromatic N) is 2. The zero-order valence-corrected chi connectivity index (χ0v) is 11.7. The van der Waals surface area contributed by atoms with Crippen molar-refractivity contribution in [3.05, 3.63) is 60.2 Å². The molecule has 0 aromatic heterocycles. The number of hydrogen-bond acceptors (Lipinski definition) is 3. The lowest BCUT2D eigenvalue weighted by Crippen LogP contribution is -2.45. The van der Waals surface area contributed by atoms with E-state index in [1.54, 1.807) is 0 Å². The molecule has 0 bridgehead atoms. The zero-order chi connectivity index (χ0) is 13.8. The number of rotatable bonds is 3. The molecule has 1 saturated heterocycles. The van der Waals surface area contributed by atoms with Crippen molar-refractivity contribution >= 4 is 11.4 Å². The lowest BCUT2D eigenvalue weighted by atomic mass is 10.1. The van der Waals surface area contributed by atoms with Crippen molar-refractivity contribution in [2.24, 2.45) is 0 Å². The number of nitrogen functional groups attached to an aromatic ring is 1. The third-order valence-corrected chi connectivity index (χ3v) is 3.88. The molecule has 3 heteroatoms. The Morgan fingerprint density at radius 3 is 2.10 bits per heavy atom. The summed E-state index contributed by atoms with van der Waals surface area (Å²) in [6, 6.07) is 18.9. The molecule has 3 nitrogen and oxygen atoms in total. The summed E-state index contributed by atoms with van der Waals surface area (Å²) in [4.78, 5) is 4.96. The first-order valence-electron chi connectivity index (χ1n) is 7.18. The summed E-state index contributed by atoms with van der Waals surface area (Å²) in [5, 5.41) is 0. The summed E-state index contributed by atoms with van der Waals surface area (Å²) < 4.78 is 0. The van der Waals surface area contributed by atoms with E-state index in [4.69, 9.17) is 5.73 Å². The lowest BCUT2D eigenvalue weighted by Gasteiger charge is -2.36. The van der Waals surface area contributed by atoms with Crippen molar-refractivity contribution in [3.8, 4) is 0 Å². The second-order valence-electron chi connectivity index (χ2n) is 5.34. The summed E-state index contributed by atoms with van der Waals surface area (Å²) in [6.45, 7) is 5.43. The molecule has 1 fully saturated rings. The highest BCUT2D eigenvalue weighted by atomic mass is 15.3. The fourth-order valence-corrected chi connectivity index (χ4v) is 2.68. The van der Waals surface area contributed by atoms with Crippen LogP contribution in [0.15, 0.2) is 54.6 Å². The van der Waals surface area contributed by atoms with E-state index in [1.165, 1.54) is 11.3 Å². The van der Waals surface area contributed by atoms with E-state index >= 15 is 0 Å². The quantitative estimate of drug-likeness (QED) is 0.868. The van der Waals surface area contributed by atoms with Gasteiger partial charge in [0.1, 0.15) is 0 Å². The maximum absolute atomic E-state index is 5.72. The molecule has 0 spiro atoms. The van der Waals surface area contributed by atoms with Crippen molar-refractivity contribution in [3.63, 3.8) is 0 Å². The standard InChI is InChI=1S/C17H21N3/c18-16-8-6-15(7-9-16)14-19-10-12-20(13-11-19)17-4-2-1-3-5-17/h1-9H,10-14,18H2. The molecule has 0 atom stereocenters. The van der Waals surface area contributed by atoms with Crippen LogP contribution in [0.1, 0.15) is 5.56 Å². The fraction of sp³-hybridized carbons (Fsp3) is 0.294. The molecule has 3 rings (SSSR count). The van der Waals surface area contributed by atoms with E-state index in [0.29, 0.717) is 0 Å². The first kappa shape index (κ1) is 13.0. The first-order chi connectivity index (χ1) is 9.81. The number of nitrogens with two attached hydrogens (primary N) is 1. The van der Waals surface area contributed by atoms with Crippen LogP contribution in [0.4, 0.5) is 11.4 Å². The van der Waals surface area contributed by atoms with E-state index in [-0.39, 0.29) is 0 Å². The molecule has 2 N–H and O–H groups in total. The Labute approximate surface area is 120 Å². The molecule has 1 aliphatic rings. The van der Waals surface area contributed by atoms with Gasteiger partial charge in [-0.1, -0.05) is 30.3 Å². The van der Waals surface area contributed by atoms with Gasteiger partial charge in [0.05, 0.1) is 0 Å². The number of anilines is 2. The molecule has 0 saturated carbocycles. The van der Waals surface area contributed by atoms with E-state index in [2.05, 4.69) is 52.3 Å². The topological polar surface area (TPSA) is 32.5 Å². The SMILES string of the molecule is Nc1ccc(CN2CCN(c3ccccc3)CC2)cc1. The first-order valence-corrected chi connectivity index (χ1v) is 7.18. The largest absolute Gasteiger partial charge is 0.399 e. The highest BCUT2D eigenvalue weighted by molar-refractivity contribution is 5.46. The number of piperazine rings is 1. The normalized spacial score (nSPS) is 16.3. The van der Waals surface area contributed by atoms with E-state index in [0.717, 1.165) is 38.4 Å². The van der Waals surface area contributed by atoms with Gasteiger partial charge in [0.15, 0.2) is 0 Å². The van der Waals surface area contributed by atoms with Gasteiger partial charge in [0, 0.05) is 44.1 Å². The van der Waals surface area contributed by atoms with Crippen LogP contribution < -0.4 is 10.6 Å². The summed E-state index contributed by atoms with van der Waals surface area (Å²) in [5.41, 5.74) is 9.23. The van der Waals surface area contributed by atoms with Gasteiger partial charge in [0.2, 0.25) is 0 Å². The molecule has 1 aliphatic heterocycles. The van der Waals surface area contributed by atoms with Crippen molar-refractivity contribution in [1.82, 2.24) is 4.90 Å². The van der Waals surface area contributed by atoms with Crippen molar-refractivity contribution < 1.29 is 0 Å². The Hall–Kier alpha value is -2.00. The van der Waals surface area contributed by atoms with Crippen molar-refractivity contribution in [1.29, 1.82) is 0 Å². The highest BCUT2D eigenvalue weighted by Gasteiger charge is 2.16. The Morgan fingerprint density at radius 1 is 0.800 bits per heavy atom. The van der Waals surface area contributed by atoms with Gasteiger partial charge in [-0.15, -0.1) is 0 Å². The van der Waals surface area contributed by atoms with Crippen LogP contribution in [-0.4, -0.2) is 31.1 Å². The third kappa shape index (κ3) is 3.11. The molecule has 0 unspecified atom stereocenters. The van der Waals surface area contributed by atoms with Gasteiger partial charge in [-0.05, 0) is 29.8 Å². The van der Waals surface area contributed by atoms with Crippen LogP contribution in [0, 0.1) is 0 Å². The summed E-state index contributed by atoms with van der Waals surface area (Å²) in [5.74, 6) is 0. The van der Waals surface area contributed by atoms with Gasteiger partial charge in [-0.2, -0.15) is 0 Å². The molecule has 0 aliphatic carbocycles. The predicted octanol–water partition coefficient (Wildman–Crippen LogP) is 2.59. The Morgan fingerprint density at radius 2 is 1.45 bits per heavy atom. The minimum Gasteiger partial charge on any atom is -0.399 e. The highest BCUT2D eigenvalue weighted by Crippen LogP contribution is 2.17. The van der Waals surface area contributed by atoms with Gasteiger partial charge in [-0.25, -0.2) is 0 Å². The molecular weight excluding hydrogens is 246 g/mol. The summed E-state index contributed by atoms with van der Waals surface area (Å²) >= 11 is 0. The molecule has 0 amide bonds. The Bertz CT molecular complexity index is 528. The molecule has 20 heavy (non-hydrogen) atoms. The van der Waals surface area contributed by atoms with Crippen LogP contribution >= 0.6 is 0 Å². The average molecular weight is 267 g/mol. The van der Waals surface area contributed by atoms with Crippen LogP contribution in [0.5, 0.6) is 0 Å². The second-order valence-corrected chi connectivity index (χ2v) is 5.34. The summed E-state index contributed by atoms with van der Waals surface area (Å²) in [6.07, 6.45) is 0. The van der Waals surface area contributed by atoms with Gasteiger partial charge >= 0.3 is 0 Å². The van der Waals surface area contributed by atoms with E-state index in [9.17, 15) is 0 Å². The second kappa shape index (κ2) is 5.97. The van der Waals surface area contributed by atoms with Crippen LogP contribution in [-0.2, 0) is 6.54 Å². The monoisotopic (exact) mass is 267 g/mol. The Balaban J connectivity index is 1.55. The molecule has 1 heterocycles. The maximum atomic E-state index is 5.72. The van der Waals surface area contributed by atoms with Gasteiger partial charge in [-0.3, -0.25) is 4.90 Å². The fourth-order valence-electron chi connectivity index (χ4n) is 2.68. The molecule has 104 valence electrons. The van der Waals surface area contributed by atoms with Crippen LogP contribution in [0.3, 0.4) is 0 Å². The molecular formula is C17H21N3. The maximum Gasteiger partial charge on any atom is 0.0367 e. The number of hydrogen-bond donors (Lipinski definition) is 1. The number of benzene rings is 2. The average Bonchev–Trinajstić information content (AvgIpc) is 2.51. The molecule has 2 aromatic rings. The lowest BCUT2D eigenvalue weighted by molar-refractivity contribution is 0.250. The third-order valence-electron chi connectivity index (χ3n) is 3.88. The Kier molecular flexibility index (Phi) is 3.88. The minimum atomic E-state index is 0.836. The zero-order valence-electron chi connectivity index (χ0n) is 11.7. The minimum absolute atomic E-state index is 0.836. The predicted molar refractivity (Wildman–Crippen MR) is 84.8 cm³/mol. The summed E-state index contributed by atoms with van der Waals surface area (Å²) in [7, 11) is 0. The number of para-hydroxylation sites is 1. The van der Waals surface area contributed by atoms with Crippen LogP contribution in [0.25, 0.3) is 0 Å². The smallest absolute Gasteiger partial charge is 0.0367 e. The van der Waals surface area contributed by atoms with Crippen molar-refractivity contribution in [2.75, 3.05) is 36.8 Å². The van der Waals surface area contributed by atoms with Gasteiger partial charge in [0.25, 0.3) is 0 Å². The molecule has 0 radical (unpaired) electrons. The van der Waals surface area contributed by atoms with Crippen molar-refractivity contribution in [2.45, 2.75) is 6.54 Å². The van der Waals surface area contributed by atoms with E-state index < -0.39 is 0 Å². The van der Waals surface area contributed by atoms with Crippen LogP contribution in [0.2, 0.25) is 0 Å².